The van der Waals surface area contributed by atoms with Gasteiger partial charge in [-0.15, -0.1) is 0 Å². The average molecular weight is 426 g/mol. The Morgan fingerprint density at radius 3 is 2.38 bits per heavy atom. The summed E-state index contributed by atoms with van der Waals surface area (Å²) in [4.78, 5) is 16.7. The molecule has 0 aliphatic carbocycles. The van der Waals surface area contributed by atoms with Crippen LogP contribution in [0.2, 0.25) is 5.02 Å². The molecule has 1 fully saturated rings. The lowest BCUT2D eigenvalue weighted by atomic mass is 10.1. The fourth-order valence-corrected chi connectivity index (χ4v) is 3.45. The lowest BCUT2D eigenvalue weighted by molar-refractivity contribution is -0.137. The second kappa shape index (κ2) is 9.50. The van der Waals surface area contributed by atoms with Crippen molar-refractivity contribution in [1.82, 2.24) is 10.2 Å². The average Bonchev–Trinajstić information content (AvgIpc) is 2.71. The van der Waals surface area contributed by atoms with Crippen LogP contribution in [0.25, 0.3) is 0 Å². The van der Waals surface area contributed by atoms with Crippen molar-refractivity contribution in [3.63, 3.8) is 0 Å². The monoisotopic (exact) mass is 425 g/mol. The van der Waals surface area contributed by atoms with Gasteiger partial charge < -0.3 is 10.2 Å². The number of carbonyl (C=O) groups is 1. The largest absolute Gasteiger partial charge is 0.416 e. The van der Waals surface area contributed by atoms with Crippen LogP contribution >= 0.6 is 11.6 Å². The van der Waals surface area contributed by atoms with Crippen LogP contribution in [0.15, 0.2) is 48.5 Å². The highest BCUT2D eigenvalue weighted by Crippen LogP contribution is 2.29. The zero-order valence-electron chi connectivity index (χ0n) is 15.9. The number of hydrogen-bond acceptors (Lipinski definition) is 3. The summed E-state index contributed by atoms with van der Waals surface area (Å²) in [7, 11) is 0. The molecule has 2 aromatic carbocycles. The van der Waals surface area contributed by atoms with Crippen molar-refractivity contribution < 1.29 is 18.0 Å². The van der Waals surface area contributed by atoms with Gasteiger partial charge in [0.25, 0.3) is 5.91 Å². The molecule has 0 radical (unpaired) electrons. The molecule has 1 saturated heterocycles. The van der Waals surface area contributed by atoms with Crippen molar-refractivity contribution >= 4 is 23.2 Å². The van der Waals surface area contributed by atoms with Gasteiger partial charge in [0.15, 0.2) is 0 Å². The maximum Gasteiger partial charge on any atom is 0.416 e. The van der Waals surface area contributed by atoms with E-state index >= 15 is 0 Å². The number of benzene rings is 2. The minimum Gasteiger partial charge on any atom is -0.369 e. The highest BCUT2D eigenvalue weighted by molar-refractivity contribution is 6.30. The van der Waals surface area contributed by atoms with Gasteiger partial charge in [0.05, 0.1) is 5.56 Å². The van der Waals surface area contributed by atoms with Crippen LogP contribution in [-0.4, -0.2) is 50.1 Å². The lowest BCUT2D eigenvalue weighted by Crippen LogP contribution is -2.47. The van der Waals surface area contributed by atoms with E-state index in [1.54, 1.807) is 0 Å². The Balaban J connectivity index is 1.38. The molecular weight excluding hydrogens is 403 g/mol. The summed E-state index contributed by atoms with van der Waals surface area (Å²) >= 11 is 5.93. The van der Waals surface area contributed by atoms with Gasteiger partial charge in [-0.25, -0.2) is 0 Å². The molecule has 156 valence electrons. The number of nitrogens with zero attached hydrogens (tertiary/aromatic N) is 2. The molecule has 4 nitrogen and oxygen atoms in total. The summed E-state index contributed by atoms with van der Waals surface area (Å²) in [5.74, 6) is -0.483. The predicted octanol–water partition coefficient (Wildman–Crippen LogP) is 4.30. The number of carbonyl (C=O) groups excluding carboxylic acids is 1. The van der Waals surface area contributed by atoms with Crippen LogP contribution in [-0.2, 0) is 6.18 Å². The molecule has 0 aromatic heterocycles. The van der Waals surface area contributed by atoms with Gasteiger partial charge >= 0.3 is 6.18 Å². The number of nitrogens with one attached hydrogen (secondary N) is 1. The second-order valence-electron chi connectivity index (χ2n) is 6.99. The molecule has 1 aliphatic heterocycles. The third kappa shape index (κ3) is 6.11. The topological polar surface area (TPSA) is 35.6 Å². The number of halogens is 4. The molecule has 3 rings (SSSR count). The van der Waals surface area contributed by atoms with Gasteiger partial charge in [0, 0.05) is 49.0 Å². The van der Waals surface area contributed by atoms with Gasteiger partial charge in [-0.05, 0) is 55.4 Å². The number of amides is 1. The summed E-state index contributed by atoms with van der Waals surface area (Å²) in [6, 6.07) is 12.3. The van der Waals surface area contributed by atoms with Crippen molar-refractivity contribution in [3.8, 4) is 0 Å². The van der Waals surface area contributed by atoms with Crippen molar-refractivity contribution in [2.45, 2.75) is 12.6 Å². The van der Waals surface area contributed by atoms with Crippen molar-refractivity contribution in [3.05, 3.63) is 64.7 Å². The van der Waals surface area contributed by atoms with Crippen LogP contribution in [0.3, 0.4) is 0 Å². The Hall–Kier alpha value is -2.25. The van der Waals surface area contributed by atoms with E-state index in [1.165, 1.54) is 12.1 Å². The van der Waals surface area contributed by atoms with E-state index in [0.717, 1.165) is 62.0 Å². The molecule has 1 N–H and O–H groups in total. The first-order valence-corrected chi connectivity index (χ1v) is 9.89. The maximum atomic E-state index is 12.8. The maximum absolute atomic E-state index is 12.8. The van der Waals surface area contributed by atoms with Gasteiger partial charge in [-0.2, -0.15) is 13.2 Å². The minimum atomic E-state index is -4.45. The van der Waals surface area contributed by atoms with E-state index in [4.69, 9.17) is 11.6 Å². The summed E-state index contributed by atoms with van der Waals surface area (Å²) in [5, 5.41) is 3.42. The molecule has 1 aliphatic rings. The highest BCUT2D eigenvalue weighted by atomic mass is 35.5. The second-order valence-corrected chi connectivity index (χ2v) is 7.43. The van der Waals surface area contributed by atoms with E-state index in [9.17, 15) is 18.0 Å². The Labute approximate surface area is 173 Å². The normalized spacial score (nSPS) is 15.4. The number of anilines is 1. The Bertz CT molecular complexity index is 819. The predicted molar refractivity (Wildman–Crippen MR) is 108 cm³/mol. The summed E-state index contributed by atoms with van der Waals surface area (Å²) in [6.45, 7) is 4.93. The zero-order valence-corrected chi connectivity index (χ0v) is 16.6. The SMILES string of the molecule is O=C(NCCCN1CCN(c2ccc(Cl)cc2)CC1)c1cccc(C(F)(F)F)c1. The van der Waals surface area contributed by atoms with Gasteiger partial charge in [-0.3, -0.25) is 9.69 Å². The summed E-state index contributed by atoms with van der Waals surface area (Å²) in [5.41, 5.74) is 0.363. The molecule has 1 amide bonds. The molecular formula is C21H23ClF3N3O. The Morgan fingerprint density at radius 1 is 1.03 bits per heavy atom. The zero-order chi connectivity index (χ0) is 20.9. The summed E-state index contributed by atoms with van der Waals surface area (Å²) < 4.78 is 38.3. The van der Waals surface area contributed by atoms with Crippen molar-refractivity contribution in [2.75, 3.05) is 44.2 Å². The molecule has 2 aromatic rings. The molecule has 1 heterocycles. The van der Waals surface area contributed by atoms with E-state index in [2.05, 4.69) is 15.1 Å². The van der Waals surface area contributed by atoms with E-state index < -0.39 is 17.6 Å². The third-order valence-corrected chi connectivity index (χ3v) is 5.20. The molecule has 8 heteroatoms. The van der Waals surface area contributed by atoms with Crippen LogP contribution in [0.5, 0.6) is 0 Å². The highest BCUT2D eigenvalue weighted by Gasteiger charge is 2.30. The molecule has 0 unspecified atom stereocenters. The Kier molecular flexibility index (Phi) is 7.03. The van der Waals surface area contributed by atoms with Crippen molar-refractivity contribution in [1.29, 1.82) is 0 Å². The van der Waals surface area contributed by atoms with Crippen LogP contribution in [0.1, 0.15) is 22.3 Å². The van der Waals surface area contributed by atoms with Crippen molar-refractivity contribution in [2.24, 2.45) is 0 Å². The standard InChI is InChI=1S/C21H23ClF3N3O/c22-18-5-7-19(8-6-18)28-13-11-27(12-14-28)10-2-9-26-20(29)16-3-1-4-17(15-16)21(23,24)25/h1,3-8,15H,2,9-14H2,(H,26,29). The first kappa shape index (κ1) is 21.5. The molecule has 0 bridgehead atoms. The first-order valence-electron chi connectivity index (χ1n) is 9.51. The van der Waals surface area contributed by atoms with Gasteiger partial charge in [0.1, 0.15) is 0 Å². The Morgan fingerprint density at radius 2 is 1.72 bits per heavy atom. The van der Waals surface area contributed by atoms with Crippen LogP contribution in [0, 0.1) is 0 Å². The molecule has 29 heavy (non-hydrogen) atoms. The van der Waals surface area contributed by atoms with E-state index in [0.29, 0.717) is 6.54 Å². The number of alkyl halides is 3. The first-order chi connectivity index (χ1) is 13.8. The minimum absolute atomic E-state index is 0.0244. The van der Waals surface area contributed by atoms with Gasteiger partial charge in [-0.1, -0.05) is 17.7 Å². The molecule has 0 saturated carbocycles. The van der Waals surface area contributed by atoms with Crippen LogP contribution in [0.4, 0.5) is 18.9 Å². The number of rotatable bonds is 6. The fraction of sp³-hybridized carbons (Fsp3) is 0.381. The van der Waals surface area contributed by atoms with E-state index in [1.807, 2.05) is 24.3 Å². The smallest absolute Gasteiger partial charge is 0.369 e. The lowest BCUT2D eigenvalue weighted by Gasteiger charge is -2.36. The molecule has 0 atom stereocenters. The van der Waals surface area contributed by atoms with Crippen LogP contribution < -0.4 is 10.2 Å². The quantitative estimate of drug-likeness (QED) is 0.701. The summed E-state index contributed by atoms with van der Waals surface area (Å²) in [6.07, 6.45) is -3.71. The van der Waals surface area contributed by atoms with E-state index in [-0.39, 0.29) is 5.56 Å². The molecule has 0 spiro atoms. The number of hydrogen-bond donors (Lipinski definition) is 1. The fourth-order valence-electron chi connectivity index (χ4n) is 3.32. The van der Waals surface area contributed by atoms with Gasteiger partial charge in [0.2, 0.25) is 0 Å². The number of piperazine rings is 1. The third-order valence-electron chi connectivity index (χ3n) is 4.95.